The lowest BCUT2D eigenvalue weighted by Gasteiger charge is -2.61. The first kappa shape index (κ1) is 27.2. The molecule has 2 nitrogen and oxygen atoms in total. The van der Waals surface area contributed by atoms with Crippen molar-refractivity contribution in [3.05, 3.63) is 121 Å². The molecule has 236 valence electrons. The van der Waals surface area contributed by atoms with Gasteiger partial charge in [-0.25, -0.2) is 0 Å². The first-order valence-corrected chi connectivity index (χ1v) is 21.5. The van der Waals surface area contributed by atoms with Crippen LogP contribution in [0.5, 0.6) is 0 Å². The smallest absolute Gasteiger partial charge is 0.113 e. The molecule has 5 aromatic carbocycles. The Morgan fingerprint density at radius 2 is 1.31 bits per heavy atom. The maximum atomic E-state index is 5.13. The highest BCUT2D eigenvalue weighted by atomic mass is 28.3. The van der Waals surface area contributed by atoms with Gasteiger partial charge in [0.05, 0.1) is 11.0 Å². The number of hydrogen-bond acceptors (Lipinski definition) is 2. The van der Waals surface area contributed by atoms with E-state index in [9.17, 15) is 0 Å². The average Bonchev–Trinajstić information content (AvgIpc) is 3.56. The summed E-state index contributed by atoms with van der Waals surface area (Å²) in [5, 5.41) is 8.29. The zero-order valence-corrected chi connectivity index (χ0v) is 29.1. The number of nitrogens with zero attached hydrogens (tertiary/aromatic N) is 2. The minimum Gasteiger partial charge on any atom is -0.254 e. The Morgan fingerprint density at radius 3 is 2.14 bits per heavy atom. The Morgan fingerprint density at radius 1 is 0.571 bits per heavy atom. The number of pyridine rings is 2. The molecule has 4 bridgehead atoms. The second-order valence-electron chi connectivity index (χ2n) is 16.6. The topological polar surface area (TPSA) is 25.8 Å². The van der Waals surface area contributed by atoms with Crippen LogP contribution in [0.25, 0.3) is 66.0 Å². The molecule has 0 N–H and O–H groups in total. The maximum Gasteiger partial charge on any atom is 0.113 e. The number of benzene rings is 5. The molecule has 2 aromatic heterocycles. The number of aromatic nitrogens is 2. The van der Waals surface area contributed by atoms with E-state index in [4.69, 9.17) is 9.97 Å². The van der Waals surface area contributed by atoms with E-state index < -0.39 is 8.07 Å². The van der Waals surface area contributed by atoms with Crippen molar-refractivity contribution < 1.29 is 0 Å². The SMILES string of the molecule is C[Si]1(C)c2ccccc2-c2c1ccc1c2-c2c(cc(-c3cnc4c(ccc5cccnc54)c3)c3ccccc23)C12C1CC3CC(C1)CC2C3. The Hall–Kier alpha value is -4.60. The number of fused-ring (bicyclic) bond motifs is 12. The molecular formula is C46H38N2Si. The molecule has 6 aliphatic rings. The summed E-state index contributed by atoms with van der Waals surface area (Å²) in [4.78, 5) is 9.86. The standard InChI is InChI=1S/C46H38N2Si/c1-49(2)39-12-6-5-11-35(39)42-40(49)16-15-37-43(42)41-34-10-4-3-9-33(34)36(24-38(41)46(37)31-19-26-18-27(21-31)22-32(46)20-26)30-23-29-14-13-28-8-7-17-47-44(28)45(29)48-25-30/h3-17,23-27,31-32H,18-22H2,1-2H3. The fourth-order valence-corrected chi connectivity index (χ4v) is 15.5. The first-order valence-electron chi connectivity index (χ1n) is 18.5. The third-order valence-corrected chi connectivity index (χ3v) is 17.6. The van der Waals surface area contributed by atoms with Crippen LogP contribution in [0.15, 0.2) is 109 Å². The average molecular weight is 647 g/mol. The molecule has 0 radical (unpaired) electrons. The van der Waals surface area contributed by atoms with Crippen molar-refractivity contribution in [3.63, 3.8) is 0 Å². The normalized spacial score (nSPS) is 26.4. The van der Waals surface area contributed by atoms with E-state index in [1.807, 2.05) is 12.3 Å². The number of rotatable bonds is 1. The van der Waals surface area contributed by atoms with E-state index in [1.54, 1.807) is 38.2 Å². The summed E-state index contributed by atoms with van der Waals surface area (Å²) in [6.07, 6.45) is 11.0. The van der Waals surface area contributed by atoms with Gasteiger partial charge in [-0.05, 0) is 134 Å². The molecule has 3 heteroatoms. The predicted octanol–water partition coefficient (Wildman–Crippen LogP) is 10.1. The minimum atomic E-state index is -1.83. The Kier molecular flexibility index (Phi) is 5.08. The van der Waals surface area contributed by atoms with Gasteiger partial charge < -0.3 is 0 Å². The lowest BCUT2D eigenvalue weighted by Crippen LogP contribution is -2.55. The van der Waals surface area contributed by atoms with E-state index in [0.29, 0.717) is 11.8 Å². The quantitative estimate of drug-likeness (QED) is 0.131. The molecule has 0 amide bonds. The summed E-state index contributed by atoms with van der Waals surface area (Å²) >= 11 is 0. The van der Waals surface area contributed by atoms with Crippen molar-refractivity contribution in [1.29, 1.82) is 0 Å². The van der Waals surface area contributed by atoms with E-state index in [2.05, 4.69) is 110 Å². The van der Waals surface area contributed by atoms with Crippen molar-refractivity contribution in [1.82, 2.24) is 9.97 Å². The third-order valence-electron chi connectivity index (χ3n) is 14.1. The molecule has 1 spiro atoms. The third kappa shape index (κ3) is 3.24. The van der Waals surface area contributed by atoms with Gasteiger partial charge in [-0.3, -0.25) is 9.97 Å². The second-order valence-corrected chi connectivity index (χ2v) is 20.9. The van der Waals surface area contributed by atoms with Crippen LogP contribution in [0.3, 0.4) is 0 Å². The van der Waals surface area contributed by atoms with Crippen LogP contribution >= 0.6 is 0 Å². The minimum absolute atomic E-state index is 0.0829. The van der Waals surface area contributed by atoms with Gasteiger partial charge >= 0.3 is 0 Å². The first-order chi connectivity index (χ1) is 24.0. The molecule has 13 rings (SSSR count). The molecule has 7 aromatic rings. The summed E-state index contributed by atoms with van der Waals surface area (Å²) in [6.45, 7) is 5.15. The van der Waals surface area contributed by atoms with E-state index in [0.717, 1.165) is 33.6 Å². The summed E-state index contributed by atoms with van der Waals surface area (Å²) in [5.41, 5.74) is 14.1. The monoisotopic (exact) mass is 646 g/mol. The van der Waals surface area contributed by atoms with Crippen molar-refractivity contribution in [2.24, 2.45) is 23.7 Å². The van der Waals surface area contributed by atoms with Crippen LogP contribution in [0, 0.1) is 23.7 Å². The molecule has 0 saturated heterocycles. The zero-order chi connectivity index (χ0) is 32.2. The molecule has 4 saturated carbocycles. The largest absolute Gasteiger partial charge is 0.254 e. The second kappa shape index (κ2) is 9.14. The summed E-state index contributed by atoms with van der Waals surface area (Å²) in [7, 11) is -1.83. The van der Waals surface area contributed by atoms with Crippen LogP contribution in [0.4, 0.5) is 0 Å². The maximum absolute atomic E-state index is 5.13. The van der Waals surface area contributed by atoms with E-state index in [-0.39, 0.29) is 5.41 Å². The molecule has 3 heterocycles. The van der Waals surface area contributed by atoms with Gasteiger partial charge in [0.1, 0.15) is 8.07 Å². The lowest BCUT2D eigenvalue weighted by molar-refractivity contribution is -0.0398. The molecule has 1 aliphatic heterocycles. The summed E-state index contributed by atoms with van der Waals surface area (Å²) in [5.74, 6) is 3.25. The van der Waals surface area contributed by atoms with Gasteiger partial charge in [-0.1, -0.05) is 92.0 Å². The van der Waals surface area contributed by atoms with Gasteiger partial charge in [0, 0.05) is 34.1 Å². The fraction of sp³-hybridized carbons (Fsp3) is 0.261. The van der Waals surface area contributed by atoms with Gasteiger partial charge in [-0.2, -0.15) is 0 Å². The fourth-order valence-electron chi connectivity index (χ4n) is 12.4. The van der Waals surface area contributed by atoms with Gasteiger partial charge in [0.2, 0.25) is 0 Å². The van der Waals surface area contributed by atoms with Crippen molar-refractivity contribution >= 4 is 51.0 Å². The Labute approximate surface area is 288 Å². The Balaban J connectivity index is 1.20. The van der Waals surface area contributed by atoms with Gasteiger partial charge in [0.25, 0.3) is 0 Å². The van der Waals surface area contributed by atoms with Crippen LogP contribution in [-0.4, -0.2) is 18.0 Å². The summed E-state index contributed by atoms with van der Waals surface area (Å²) < 4.78 is 0. The molecular weight excluding hydrogens is 609 g/mol. The highest BCUT2D eigenvalue weighted by molar-refractivity contribution is 7.04. The van der Waals surface area contributed by atoms with Crippen molar-refractivity contribution in [2.45, 2.75) is 50.6 Å². The Bertz CT molecular complexity index is 2590. The van der Waals surface area contributed by atoms with Crippen molar-refractivity contribution in [3.8, 4) is 33.4 Å². The summed E-state index contributed by atoms with van der Waals surface area (Å²) in [6, 6.07) is 37.6. The van der Waals surface area contributed by atoms with E-state index >= 15 is 0 Å². The molecule has 4 fully saturated rings. The number of hydrogen-bond donors (Lipinski definition) is 0. The molecule has 49 heavy (non-hydrogen) atoms. The lowest BCUT2D eigenvalue weighted by atomic mass is 9.43. The molecule has 0 unspecified atom stereocenters. The van der Waals surface area contributed by atoms with Crippen LogP contribution in [0.1, 0.15) is 43.2 Å². The molecule has 5 aliphatic carbocycles. The zero-order valence-electron chi connectivity index (χ0n) is 28.1. The van der Waals surface area contributed by atoms with E-state index in [1.165, 1.54) is 59.6 Å². The highest BCUT2D eigenvalue weighted by Gasteiger charge is 2.62. The van der Waals surface area contributed by atoms with Crippen molar-refractivity contribution in [2.75, 3.05) is 0 Å². The highest BCUT2D eigenvalue weighted by Crippen LogP contribution is 2.71. The van der Waals surface area contributed by atoms with Crippen LogP contribution in [-0.2, 0) is 5.41 Å². The van der Waals surface area contributed by atoms with Gasteiger partial charge in [-0.15, -0.1) is 0 Å². The predicted molar refractivity (Wildman–Crippen MR) is 205 cm³/mol. The van der Waals surface area contributed by atoms with Crippen LogP contribution in [0.2, 0.25) is 13.1 Å². The van der Waals surface area contributed by atoms with Crippen LogP contribution < -0.4 is 10.4 Å². The molecule has 0 atom stereocenters. The van der Waals surface area contributed by atoms with Gasteiger partial charge in [0.15, 0.2) is 0 Å².